The highest BCUT2D eigenvalue weighted by Crippen LogP contribution is 2.19. The molecule has 1 aromatic carbocycles. The van der Waals surface area contributed by atoms with Gasteiger partial charge < -0.3 is 15.4 Å². The van der Waals surface area contributed by atoms with E-state index in [0.29, 0.717) is 13.1 Å². The number of carbonyl (C=O) groups excluding carboxylic acids is 1. The molecule has 1 amide bonds. The molecule has 6 heteroatoms. The van der Waals surface area contributed by atoms with E-state index in [2.05, 4.69) is 20.6 Å². The number of nitrogens with one attached hydrogen (secondary N) is 2. The number of ether oxygens (including phenoxy) is 1. The normalized spacial score (nSPS) is 11.6. The Hall–Kier alpha value is -3.25. The summed E-state index contributed by atoms with van der Waals surface area (Å²) in [5.74, 6) is 0.665. The molecule has 0 saturated carbocycles. The van der Waals surface area contributed by atoms with Crippen molar-refractivity contribution >= 4 is 5.91 Å². The quantitative estimate of drug-likeness (QED) is 0.557. The van der Waals surface area contributed by atoms with Crippen molar-refractivity contribution in [2.45, 2.75) is 18.9 Å². The first-order valence-corrected chi connectivity index (χ1v) is 9.69. The van der Waals surface area contributed by atoms with Crippen molar-refractivity contribution in [3.8, 4) is 5.75 Å². The van der Waals surface area contributed by atoms with Crippen LogP contribution in [-0.4, -0.2) is 36.1 Å². The first-order chi connectivity index (χ1) is 14.3. The molecule has 0 bridgehead atoms. The maximum Gasteiger partial charge on any atom is 0.241 e. The maximum absolute atomic E-state index is 12.9. The van der Waals surface area contributed by atoms with Gasteiger partial charge in [-0.2, -0.15) is 0 Å². The number of hydrogen-bond acceptors (Lipinski definition) is 5. The van der Waals surface area contributed by atoms with E-state index in [9.17, 15) is 4.79 Å². The minimum absolute atomic E-state index is 0.0617. The van der Waals surface area contributed by atoms with Gasteiger partial charge in [0.2, 0.25) is 5.91 Å². The van der Waals surface area contributed by atoms with E-state index in [-0.39, 0.29) is 5.91 Å². The summed E-state index contributed by atoms with van der Waals surface area (Å²) in [7, 11) is 1.62. The van der Waals surface area contributed by atoms with Crippen LogP contribution in [0.3, 0.4) is 0 Å². The van der Waals surface area contributed by atoms with Gasteiger partial charge in [-0.05, 0) is 53.8 Å². The minimum Gasteiger partial charge on any atom is -0.497 e. The fourth-order valence-electron chi connectivity index (χ4n) is 3.07. The number of amides is 1. The lowest BCUT2D eigenvalue weighted by Crippen LogP contribution is -2.39. The Kier molecular flexibility index (Phi) is 7.72. The Balaban J connectivity index is 1.63. The number of rotatable bonds is 10. The molecule has 2 N–H and O–H groups in total. The SMILES string of the molecule is COc1cccc(C(NCCc2cccnc2)C(=O)NCCc2cccnc2)c1. The van der Waals surface area contributed by atoms with Crippen LogP contribution < -0.4 is 15.4 Å². The number of hydrogen-bond donors (Lipinski definition) is 2. The molecule has 0 radical (unpaired) electrons. The number of carbonyl (C=O) groups is 1. The summed E-state index contributed by atoms with van der Waals surface area (Å²) in [5, 5.41) is 6.41. The predicted molar refractivity (Wildman–Crippen MR) is 113 cm³/mol. The van der Waals surface area contributed by atoms with E-state index in [1.54, 1.807) is 19.5 Å². The van der Waals surface area contributed by atoms with Crippen LogP contribution in [0, 0.1) is 0 Å². The first-order valence-electron chi connectivity index (χ1n) is 9.69. The Morgan fingerprint density at radius 1 is 0.966 bits per heavy atom. The lowest BCUT2D eigenvalue weighted by Gasteiger charge is -2.19. The molecular weight excluding hydrogens is 364 g/mol. The van der Waals surface area contributed by atoms with E-state index >= 15 is 0 Å². The third-order valence-electron chi connectivity index (χ3n) is 4.61. The van der Waals surface area contributed by atoms with Crippen molar-refractivity contribution in [2.24, 2.45) is 0 Å². The van der Waals surface area contributed by atoms with Gasteiger partial charge >= 0.3 is 0 Å². The van der Waals surface area contributed by atoms with E-state index in [0.717, 1.165) is 35.3 Å². The van der Waals surface area contributed by atoms with Crippen LogP contribution in [0.15, 0.2) is 73.3 Å². The Labute approximate surface area is 171 Å². The molecular formula is C23H26N4O2. The van der Waals surface area contributed by atoms with Crippen molar-refractivity contribution in [1.82, 2.24) is 20.6 Å². The van der Waals surface area contributed by atoms with Gasteiger partial charge in [0.05, 0.1) is 7.11 Å². The minimum atomic E-state index is -0.462. The van der Waals surface area contributed by atoms with Crippen LogP contribution in [0.4, 0.5) is 0 Å². The van der Waals surface area contributed by atoms with E-state index in [1.807, 2.05) is 60.9 Å². The topological polar surface area (TPSA) is 76.1 Å². The second-order valence-corrected chi connectivity index (χ2v) is 6.68. The van der Waals surface area contributed by atoms with Gasteiger partial charge in [-0.1, -0.05) is 24.3 Å². The highest BCUT2D eigenvalue weighted by atomic mass is 16.5. The molecule has 0 aliphatic rings. The van der Waals surface area contributed by atoms with Crippen LogP contribution >= 0.6 is 0 Å². The van der Waals surface area contributed by atoms with Crippen molar-refractivity contribution in [3.05, 3.63) is 90.0 Å². The van der Waals surface area contributed by atoms with Gasteiger partial charge in [-0.3, -0.25) is 14.8 Å². The first kappa shape index (κ1) is 20.5. The largest absolute Gasteiger partial charge is 0.497 e. The Bertz CT molecular complexity index is 888. The van der Waals surface area contributed by atoms with Crippen LogP contribution in [0.5, 0.6) is 5.75 Å². The molecule has 150 valence electrons. The molecule has 1 unspecified atom stereocenters. The van der Waals surface area contributed by atoms with E-state index in [1.165, 1.54) is 0 Å². The number of methoxy groups -OCH3 is 1. The van der Waals surface area contributed by atoms with Gasteiger partial charge in [0.1, 0.15) is 11.8 Å². The molecule has 0 spiro atoms. The second-order valence-electron chi connectivity index (χ2n) is 6.68. The third kappa shape index (κ3) is 6.40. The van der Waals surface area contributed by atoms with Crippen LogP contribution in [-0.2, 0) is 17.6 Å². The number of pyridine rings is 2. The lowest BCUT2D eigenvalue weighted by molar-refractivity contribution is -0.123. The monoisotopic (exact) mass is 390 g/mol. The molecule has 6 nitrogen and oxygen atoms in total. The molecule has 1 atom stereocenters. The van der Waals surface area contributed by atoms with Crippen molar-refractivity contribution in [1.29, 1.82) is 0 Å². The van der Waals surface area contributed by atoms with Gasteiger partial charge in [0.25, 0.3) is 0 Å². The van der Waals surface area contributed by atoms with E-state index in [4.69, 9.17) is 4.74 Å². The average Bonchev–Trinajstić information content (AvgIpc) is 2.78. The standard InChI is InChI=1S/C23H26N4O2/c1-29-21-8-2-7-20(15-21)22(26-13-9-18-5-3-11-24-16-18)23(28)27-14-10-19-6-4-12-25-17-19/h2-8,11-12,15-17,22,26H,9-10,13-14H2,1H3,(H,27,28). The number of aromatic nitrogens is 2. The number of benzene rings is 1. The zero-order chi connectivity index (χ0) is 20.3. The van der Waals surface area contributed by atoms with E-state index < -0.39 is 6.04 Å². The summed E-state index contributed by atoms with van der Waals surface area (Å²) in [4.78, 5) is 21.2. The number of nitrogens with zero attached hydrogens (tertiary/aromatic N) is 2. The van der Waals surface area contributed by atoms with Crippen molar-refractivity contribution in [3.63, 3.8) is 0 Å². The third-order valence-corrected chi connectivity index (χ3v) is 4.61. The van der Waals surface area contributed by atoms with Gasteiger partial charge in [-0.15, -0.1) is 0 Å². The van der Waals surface area contributed by atoms with Gasteiger partial charge in [0, 0.05) is 37.9 Å². The lowest BCUT2D eigenvalue weighted by atomic mass is 10.0. The summed E-state index contributed by atoms with van der Waals surface area (Å²) in [6, 6.07) is 15.0. The molecule has 0 aliphatic carbocycles. The van der Waals surface area contributed by atoms with Gasteiger partial charge in [0.15, 0.2) is 0 Å². The molecule has 29 heavy (non-hydrogen) atoms. The smallest absolute Gasteiger partial charge is 0.241 e. The fourth-order valence-corrected chi connectivity index (χ4v) is 3.07. The maximum atomic E-state index is 12.9. The Morgan fingerprint density at radius 2 is 1.66 bits per heavy atom. The van der Waals surface area contributed by atoms with Crippen LogP contribution in [0.2, 0.25) is 0 Å². The van der Waals surface area contributed by atoms with Crippen molar-refractivity contribution in [2.75, 3.05) is 20.2 Å². The second kappa shape index (κ2) is 10.9. The zero-order valence-electron chi connectivity index (χ0n) is 16.5. The zero-order valence-corrected chi connectivity index (χ0v) is 16.5. The summed E-state index contributed by atoms with van der Waals surface area (Å²) in [6.07, 6.45) is 8.68. The highest BCUT2D eigenvalue weighted by Gasteiger charge is 2.20. The molecule has 2 heterocycles. The summed E-state index contributed by atoms with van der Waals surface area (Å²) in [5.41, 5.74) is 3.09. The summed E-state index contributed by atoms with van der Waals surface area (Å²) >= 11 is 0. The molecule has 0 fully saturated rings. The predicted octanol–water partition coefficient (Wildman–Crippen LogP) is 2.72. The summed E-state index contributed by atoms with van der Waals surface area (Å²) < 4.78 is 5.32. The van der Waals surface area contributed by atoms with Crippen LogP contribution in [0.25, 0.3) is 0 Å². The van der Waals surface area contributed by atoms with Crippen LogP contribution in [0.1, 0.15) is 22.7 Å². The average molecular weight is 390 g/mol. The highest BCUT2D eigenvalue weighted by molar-refractivity contribution is 5.83. The molecule has 3 rings (SSSR count). The fraction of sp³-hybridized carbons (Fsp3) is 0.261. The van der Waals surface area contributed by atoms with Gasteiger partial charge in [-0.25, -0.2) is 0 Å². The molecule has 2 aromatic heterocycles. The molecule has 0 aliphatic heterocycles. The molecule has 0 saturated heterocycles. The Morgan fingerprint density at radius 3 is 2.28 bits per heavy atom. The molecule has 3 aromatic rings. The summed E-state index contributed by atoms with van der Waals surface area (Å²) in [6.45, 7) is 1.21. The van der Waals surface area contributed by atoms with Crippen molar-refractivity contribution < 1.29 is 9.53 Å².